The van der Waals surface area contributed by atoms with Crippen molar-refractivity contribution in [2.75, 3.05) is 53.2 Å². The SMILES string of the molecule is CN1CCN(CCCOC(=O)Cc2cccc(Cn3nc(-c4ccc5c(c4)OCO5)ccc3=O)c2)CC1. The minimum atomic E-state index is -0.240. The molecule has 9 heteroatoms. The van der Waals surface area contributed by atoms with Gasteiger partial charge in [0, 0.05) is 44.4 Å². The Hall–Kier alpha value is -3.69. The number of aromatic nitrogens is 2. The van der Waals surface area contributed by atoms with E-state index < -0.39 is 0 Å². The zero-order chi connectivity index (χ0) is 25.6. The van der Waals surface area contributed by atoms with Crippen LogP contribution in [-0.4, -0.2) is 78.7 Å². The van der Waals surface area contributed by atoms with Gasteiger partial charge in [-0.15, -0.1) is 0 Å². The molecule has 1 saturated heterocycles. The Morgan fingerprint density at radius 2 is 1.78 bits per heavy atom. The van der Waals surface area contributed by atoms with Crippen molar-refractivity contribution in [3.8, 4) is 22.8 Å². The summed E-state index contributed by atoms with van der Waals surface area (Å²) in [6.07, 6.45) is 1.03. The summed E-state index contributed by atoms with van der Waals surface area (Å²) in [5, 5.41) is 4.56. The Morgan fingerprint density at radius 1 is 0.973 bits per heavy atom. The van der Waals surface area contributed by atoms with Gasteiger partial charge in [-0.25, -0.2) is 4.68 Å². The summed E-state index contributed by atoms with van der Waals surface area (Å²) in [4.78, 5) is 29.6. The second kappa shape index (κ2) is 11.6. The highest BCUT2D eigenvalue weighted by atomic mass is 16.7. The van der Waals surface area contributed by atoms with Crippen LogP contribution in [-0.2, 0) is 22.5 Å². The molecule has 0 amide bonds. The summed E-state index contributed by atoms with van der Waals surface area (Å²) in [6.45, 7) is 6.17. The van der Waals surface area contributed by atoms with Crippen molar-refractivity contribution in [3.05, 3.63) is 76.1 Å². The van der Waals surface area contributed by atoms with Crippen molar-refractivity contribution < 1.29 is 19.0 Å². The van der Waals surface area contributed by atoms with Gasteiger partial charge < -0.3 is 24.0 Å². The van der Waals surface area contributed by atoms with Crippen LogP contribution in [0.5, 0.6) is 11.5 Å². The number of nitrogens with zero attached hydrogens (tertiary/aromatic N) is 4. The zero-order valence-electron chi connectivity index (χ0n) is 21.1. The van der Waals surface area contributed by atoms with Gasteiger partial charge in [0.05, 0.1) is 25.3 Å². The molecule has 2 aliphatic heterocycles. The van der Waals surface area contributed by atoms with Crippen LogP contribution in [0.3, 0.4) is 0 Å². The molecular formula is C28H32N4O5. The summed E-state index contributed by atoms with van der Waals surface area (Å²) >= 11 is 0. The molecule has 194 valence electrons. The number of hydrogen-bond acceptors (Lipinski definition) is 8. The molecule has 3 aromatic rings. The lowest BCUT2D eigenvalue weighted by molar-refractivity contribution is -0.143. The number of benzene rings is 2. The van der Waals surface area contributed by atoms with E-state index in [0.29, 0.717) is 30.3 Å². The highest BCUT2D eigenvalue weighted by Crippen LogP contribution is 2.35. The van der Waals surface area contributed by atoms with Crippen molar-refractivity contribution in [2.45, 2.75) is 19.4 Å². The van der Waals surface area contributed by atoms with Gasteiger partial charge in [0.2, 0.25) is 6.79 Å². The Kier molecular flexibility index (Phi) is 7.82. The van der Waals surface area contributed by atoms with Gasteiger partial charge >= 0.3 is 5.97 Å². The van der Waals surface area contributed by atoms with Gasteiger partial charge in [0.1, 0.15) is 0 Å². The smallest absolute Gasteiger partial charge is 0.310 e. The number of hydrogen-bond donors (Lipinski definition) is 0. The summed E-state index contributed by atoms with van der Waals surface area (Å²) < 4.78 is 17.7. The Morgan fingerprint density at radius 3 is 2.65 bits per heavy atom. The zero-order valence-corrected chi connectivity index (χ0v) is 21.1. The standard InChI is InChI=1S/C28H32N4O5/c1-30-11-13-31(14-12-30)10-3-15-35-28(34)17-21-4-2-5-22(16-21)19-32-27(33)9-7-24(29-32)23-6-8-25-26(18-23)37-20-36-25/h2,4-9,16,18H,3,10-15,17,19-20H2,1H3. The van der Waals surface area contributed by atoms with E-state index in [1.165, 1.54) is 10.7 Å². The molecule has 2 aromatic carbocycles. The number of likely N-dealkylation sites (N-methyl/N-ethyl adjacent to an activating group) is 1. The van der Waals surface area contributed by atoms with Gasteiger partial charge in [-0.1, -0.05) is 24.3 Å². The van der Waals surface area contributed by atoms with Gasteiger partial charge in [-0.3, -0.25) is 9.59 Å². The first-order valence-electron chi connectivity index (χ1n) is 12.7. The minimum absolute atomic E-state index is 0.196. The molecule has 0 spiro atoms. The number of piperazine rings is 1. The highest BCUT2D eigenvalue weighted by Gasteiger charge is 2.16. The van der Waals surface area contributed by atoms with Crippen LogP contribution in [0.25, 0.3) is 11.3 Å². The lowest BCUT2D eigenvalue weighted by Crippen LogP contribution is -2.44. The molecule has 2 aliphatic rings. The van der Waals surface area contributed by atoms with Crippen molar-refractivity contribution in [1.82, 2.24) is 19.6 Å². The Labute approximate surface area is 216 Å². The third-order valence-corrected chi connectivity index (χ3v) is 6.68. The first kappa shape index (κ1) is 25.0. The Balaban J connectivity index is 1.16. The molecular weight excluding hydrogens is 472 g/mol. The van der Waals surface area contributed by atoms with Crippen LogP contribution in [0.1, 0.15) is 17.5 Å². The maximum absolute atomic E-state index is 12.5. The van der Waals surface area contributed by atoms with Crippen molar-refractivity contribution in [1.29, 1.82) is 0 Å². The van der Waals surface area contributed by atoms with Crippen molar-refractivity contribution >= 4 is 5.97 Å². The fraction of sp³-hybridized carbons (Fsp3) is 0.393. The molecule has 0 atom stereocenters. The second-order valence-electron chi connectivity index (χ2n) is 9.50. The molecule has 0 unspecified atom stereocenters. The van der Waals surface area contributed by atoms with E-state index in [4.69, 9.17) is 14.2 Å². The molecule has 1 aromatic heterocycles. The van der Waals surface area contributed by atoms with E-state index in [-0.39, 0.29) is 24.7 Å². The van der Waals surface area contributed by atoms with Crippen molar-refractivity contribution in [3.63, 3.8) is 0 Å². The molecule has 0 bridgehead atoms. The van der Waals surface area contributed by atoms with Gasteiger partial charge in [-0.05, 0) is 48.9 Å². The summed E-state index contributed by atoms with van der Waals surface area (Å²) in [7, 11) is 2.14. The lowest BCUT2D eigenvalue weighted by Gasteiger charge is -2.32. The Bertz CT molecular complexity index is 1300. The van der Waals surface area contributed by atoms with Crippen LogP contribution in [0.2, 0.25) is 0 Å². The first-order chi connectivity index (χ1) is 18.0. The highest BCUT2D eigenvalue weighted by molar-refractivity contribution is 5.72. The van der Waals surface area contributed by atoms with Crippen LogP contribution in [0.4, 0.5) is 0 Å². The van der Waals surface area contributed by atoms with Crippen LogP contribution in [0, 0.1) is 0 Å². The topological polar surface area (TPSA) is 86.1 Å². The maximum Gasteiger partial charge on any atom is 0.310 e. The molecule has 0 N–H and O–H groups in total. The summed E-state index contributed by atoms with van der Waals surface area (Å²) in [6, 6.07) is 16.4. The lowest BCUT2D eigenvalue weighted by atomic mass is 10.1. The second-order valence-corrected chi connectivity index (χ2v) is 9.50. The van der Waals surface area contributed by atoms with E-state index >= 15 is 0 Å². The predicted molar refractivity (Wildman–Crippen MR) is 139 cm³/mol. The predicted octanol–water partition coefficient (Wildman–Crippen LogP) is 2.41. The normalized spacial score (nSPS) is 15.6. The molecule has 37 heavy (non-hydrogen) atoms. The van der Waals surface area contributed by atoms with Gasteiger partial charge in [0.15, 0.2) is 11.5 Å². The average Bonchev–Trinajstić information content (AvgIpc) is 3.37. The third kappa shape index (κ3) is 6.55. The summed E-state index contributed by atoms with van der Waals surface area (Å²) in [5.74, 6) is 1.12. The molecule has 0 saturated carbocycles. The largest absolute Gasteiger partial charge is 0.465 e. The van der Waals surface area contributed by atoms with E-state index in [1.807, 2.05) is 42.5 Å². The number of carbonyl (C=O) groups excluding carboxylic acids is 1. The molecule has 9 nitrogen and oxygen atoms in total. The summed E-state index contributed by atoms with van der Waals surface area (Å²) in [5.41, 5.74) is 3.03. The minimum Gasteiger partial charge on any atom is -0.465 e. The molecule has 0 aliphatic carbocycles. The van der Waals surface area contributed by atoms with Crippen LogP contribution >= 0.6 is 0 Å². The molecule has 3 heterocycles. The molecule has 5 rings (SSSR count). The van der Waals surface area contributed by atoms with Crippen LogP contribution < -0.4 is 15.0 Å². The van der Waals surface area contributed by atoms with E-state index in [0.717, 1.165) is 55.8 Å². The molecule has 1 fully saturated rings. The number of ether oxygens (including phenoxy) is 3. The molecule has 0 radical (unpaired) electrons. The quantitative estimate of drug-likeness (QED) is 0.325. The number of esters is 1. The van der Waals surface area contributed by atoms with Crippen LogP contribution in [0.15, 0.2) is 59.4 Å². The van der Waals surface area contributed by atoms with Gasteiger partial charge in [0.25, 0.3) is 5.56 Å². The number of fused-ring (bicyclic) bond motifs is 1. The van der Waals surface area contributed by atoms with E-state index in [2.05, 4.69) is 21.9 Å². The average molecular weight is 505 g/mol. The van der Waals surface area contributed by atoms with E-state index in [1.54, 1.807) is 6.07 Å². The monoisotopic (exact) mass is 504 g/mol. The van der Waals surface area contributed by atoms with E-state index in [9.17, 15) is 9.59 Å². The third-order valence-electron chi connectivity index (χ3n) is 6.68. The maximum atomic E-state index is 12.5. The number of rotatable bonds is 9. The van der Waals surface area contributed by atoms with Crippen molar-refractivity contribution in [2.24, 2.45) is 0 Å². The fourth-order valence-electron chi connectivity index (χ4n) is 4.55. The fourth-order valence-corrected chi connectivity index (χ4v) is 4.55. The first-order valence-corrected chi connectivity index (χ1v) is 12.7. The van der Waals surface area contributed by atoms with Gasteiger partial charge in [-0.2, -0.15) is 5.10 Å². The number of carbonyl (C=O) groups is 1.